The highest BCUT2D eigenvalue weighted by Crippen LogP contribution is 2.16. The lowest BCUT2D eigenvalue weighted by molar-refractivity contribution is -0.123. The Balaban J connectivity index is 2.01. The summed E-state index contributed by atoms with van der Waals surface area (Å²) in [5, 5.41) is 2.76. The molecule has 0 bridgehead atoms. The molecule has 0 spiro atoms. The molecule has 1 amide bonds. The number of ether oxygens (including phenoxy) is 1. The predicted molar refractivity (Wildman–Crippen MR) is 83.9 cm³/mol. The molecule has 0 aliphatic rings. The minimum Gasteiger partial charge on any atom is -0.449 e. The number of carbonyl (C=O) groups excluding carboxylic acids is 2. The molecular formula is C16H15ClN2O3. The van der Waals surface area contributed by atoms with Gasteiger partial charge in [0.05, 0.1) is 5.56 Å². The van der Waals surface area contributed by atoms with Crippen molar-refractivity contribution in [3.63, 3.8) is 0 Å². The Labute approximate surface area is 133 Å². The Hall–Kier alpha value is -2.40. The maximum Gasteiger partial charge on any atom is 0.342 e. The minimum atomic E-state index is -0.955. The molecule has 6 heteroatoms. The third-order valence-electron chi connectivity index (χ3n) is 3.03. The van der Waals surface area contributed by atoms with E-state index in [1.165, 1.54) is 19.2 Å². The number of rotatable bonds is 4. The van der Waals surface area contributed by atoms with E-state index in [9.17, 15) is 9.59 Å². The summed E-state index contributed by atoms with van der Waals surface area (Å²) in [6.07, 6.45) is 0.510. The predicted octanol–water partition coefficient (Wildman–Crippen LogP) is 3.23. The standard InChI is InChI=1S/C16H15ClN2O3/c1-10-6-3-4-8-13(10)19-15(20)11(2)22-16(21)12-7-5-9-18-14(12)17/h3-9,11H,1-2H3,(H,19,20). The maximum atomic E-state index is 12.1. The summed E-state index contributed by atoms with van der Waals surface area (Å²) in [5.74, 6) is -1.10. The second kappa shape index (κ2) is 7.04. The molecule has 114 valence electrons. The van der Waals surface area contributed by atoms with E-state index in [2.05, 4.69) is 10.3 Å². The maximum absolute atomic E-state index is 12.1. The van der Waals surface area contributed by atoms with E-state index in [1.807, 2.05) is 25.1 Å². The zero-order valence-electron chi connectivity index (χ0n) is 12.2. The van der Waals surface area contributed by atoms with Gasteiger partial charge < -0.3 is 10.1 Å². The number of hydrogen-bond donors (Lipinski definition) is 1. The highest BCUT2D eigenvalue weighted by molar-refractivity contribution is 6.32. The first-order valence-electron chi connectivity index (χ1n) is 6.67. The van der Waals surface area contributed by atoms with Crippen LogP contribution in [0.4, 0.5) is 5.69 Å². The van der Waals surface area contributed by atoms with Crippen LogP contribution in [0.25, 0.3) is 0 Å². The fourth-order valence-corrected chi connectivity index (χ4v) is 1.96. The second-order valence-electron chi connectivity index (χ2n) is 4.69. The molecule has 0 aliphatic heterocycles. The zero-order valence-corrected chi connectivity index (χ0v) is 12.9. The number of aryl methyl sites for hydroxylation is 1. The lowest BCUT2D eigenvalue weighted by atomic mass is 10.2. The van der Waals surface area contributed by atoms with E-state index >= 15 is 0 Å². The van der Waals surface area contributed by atoms with Gasteiger partial charge in [0.25, 0.3) is 5.91 Å². The third-order valence-corrected chi connectivity index (χ3v) is 3.34. The minimum absolute atomic E-state index is 0.0408. The molecule has 2 aromatic rings. The van der Waals surface area contributed by atoms with Crippen molar-refractivity contribution in [2.75, 3.05) is 5.32 Å². The molecule has 0 radical (unpaired) electrons. The van der Waals surface area contributed by atoms with Crippen LogP contribution in [0.2, 0.25) is 5.15 Å². The number of hydrogen-bond acceptors (Lipinski definition) is 4. The topological polar surface area (TPSA) is 68.3 Å². The van der Waals surface area contributed by atoms with Crippen LogP contribution in [-0.2, 0) is 9.53 Å². The molecule has 1 aromatic heterocycles. The Kier molecular flexibility index (Phi) is 5.12. The van der Waals surface area contributed by atoms with Gasteiger partial charge in [-0.05, 0) is 37.6 Å². The lowest BCUT2D eigenvalue weighted by Crippen LogP contribution is -2.30. The smallest absolute Gasteiger partial charge is 0.342 e. The van der Waals surface area contributed by atoms with Crippen molar-refractivity contribution in [1.82, 2.24) is 4.98 Å². The summed E-state index contributed by atoms with van der Waals surface area (Å²) in [5.41, 5.74) is 1.72. The number of anilines is 1. The van der Waals surface area contributed by atoms with Gasteiger partial charge in [-0.3, -0.25) is 4.79 Å². The number of aromatic nitrogens is 1. The molecule has 0 saturated carbocycles. The number of halogens is 1. The molecule has 1 aromatic carbocycles. The number of nitrogens with one attached hydrogen (secondary N) is 1. The van der Waals surface area contributed by atoms with E-state index in [-0.39, 0.29) is 10.7 Å². The van der Waals surface area contributed by atoms with Gasteiger partial charge >= 0.3 is 5.97 Å². The number of amides is 1. The van der Waals surface area contributed by atoms with Gasteiger partial charge in [-0.25, -0.2) is 9.78 Å². The van der Waals surface area contributed by atoms with Gasteiger partial charge in [0.15, 0.2) is 6.10 Å². The van der Waals surface area contributed by atoms with Crippen molar-refractivity contribution >= 4 is 29.2 Å². The first-order chi connectivity index (χ1) is 10.5. The Morgan fingerprint density at radius 3 is 2.64 bits per heavy atom. The van der Waals surface area contributed by atoms with Crippen LogP contribution in [0, 0.1) is 6.92 Å². The monoisotopic (exact) mass is 318 g/mol. The molecule has 0 fully saturated rings. The molecule has 1 N–H and O–H groups in total. The zero-order chi connectivity index (χ0) is 16.1. The summed E-state index contributed by atoms with van der Waals surface area (Å²) in [6.45, 7) is 3.37. The third kappa shape index (κ3) is 3.83. The molecule has 1 heterocycles. The van der Waals surface area contributed by atoms with E-state index in [0.29, 0.717) is 5.69 Å². The van der Waals surface area contributed by atoms with Crippen LogP contribution in [0.15, 0.2) is 42.6 Å². The van der Waals surface area contributed by atoms with Gasteiger partial charge in [-0.1, -0.05) is 29.8 Å². The molecule has 2 rings (SSSR count). The van der Waals surface area contributed by atoms with Crippen LogP contribution in [0.3, 0.4) is 0 Å². The van der Waals surface area contributed by atoms with Crippen molar-refractivity contribution in [2.24, 2.45) is 0 Å². The summed E-state index contributed by atoms with van der Waals surface area (Å²) in [7, 11) is 0. The highest BCUT2D eigenvalue weighted by Gasteiger charge is 2.21. The van der Waals surface area contributed by atoms with Gasteiger partial charge in [0, 0.05) is 11.9 Å². The van der Waals surface area contributed by atoms with E-state index in [1.54, 1.807) is 12.1 Å². The van der Waals surface area contributed by atoms with Crippen molar-refractivity contribution in [1.29, 1.82) is 0 Å². The second-order valence-corrected chi connectivity index (χ2v) is 5.05. The number of pyridine rings is 1. The largest absolute Gasteiger partial charge is 0.449 e. The van der Waals surface area contributed by atoms with Crippen LogP contribution in [0.1, 0.15) is 22.8 Å². The highest BCUT2D eigenvalue weighted by atomic mass is 35.5. The number of nitrogens with zero attached hydrogens (tertiary/aromatic N) is 1. The van der Waals surface area contributed by atoms with Crippen LogP contribution in [0.5, 0.6) is 0 Å². The summed E-state index contributed by atoms with van der Waals surface area (Å²) >= 11 is 5.82. The van der Waals surface area contributed by atoms with E-state index in [4.69, 9.17) is 16.3 Å². The van der Waals surface area contributed by atoms with Gasteiger partial charge in [0.2, 0.25) is 0 Å². The Bertz CT molecular complexity index is 703. The van der Waals surface area contributed by atoms with Crippen LogP contribution >= 0.6 is 11.6 Å². The van der Waals surface area contributed by atoms with Crippen LogP contribution in [-0.4, -0.2) is 23.0 Å². The Morgan fingerprint density at radius 2 is 1.95 bits per heavy atom. The summed E-state index contributed by atoms with van der Waals surface area (Å²) < 4.78 is 5.12. The molecule has 0 aliphatic carbocycles. The SMILES string of the molecule is Cc1ccccc1NC(=O)C(C)OC(=O)c1cccnc1Cl. The fourth-order valence-electron chi connectivity index (χ4n) is 1.76. The van der Waals surface area contributed by atoms with Gasteiger partial charge in [-0.15, -0.1) is 0 Å². The normalized spacial score (nSPS) is 11.6. The first kappa shape index (κ1) is 16.0. The lowest BCUT2D eigenvalue weighted by Gasteiger charge is -2.14. The number of para-hydroxylation sites is 1. The molecule has 1 unspecified atom stereocenters. The first-order valence-corrected chi connectivity index (χ1v) is 7.05. The van der Waals surface area contributed by atoms with Crippen molar-refractivity contribution in [3.05, 3.63) is 58.9 Å². The van der Waals surface area contributed by atoms with Crippen molar-refractivity contribution < 1.29 is 14.3 Å². The average molecular weight is 319 g/mol. The number of esters is 1. The number of carbonyl (C=O) groups is 2. The summed E-state index contributed by atoms with van der Waals surface area (Å²) in [6, 6.07) is 10.4. The molecule has 5 nitrogen and oxygen atoms in total. The van der Waals surface area contributed by atoms with Crippen molar-refractivity contribution in [2.45, 2.75) is 20.0 Å². The fraction of sp³-hybridized carbons (Fsp3) is 0.188. The number of benzene rings is 1. The molecule has 1 atom stereocenters. The van der Waals surface area contributed by atoms with Crippen LogP contribution < -0.4 is 5.32 Å². The quantitative estimate of drug-likeness (QED) is 0.694. The molecule has 0 saturated heterocycles. The Morgan fingerprint density at radius 1 is 1.23 bits per heavy atom. The van der Waals surface area contributed by atoms with Gasteiger partial charge in [-0.2, -0.15) is 0 Å². The van der Waals surface area contributed by atoms with Gasteiger partial charge in [0.1, 0.15) is 5.15 Å². The molecular weight excluding hydrogens is 304 g/mol. The van der Waals surface area contributed by atoms with E-state index in [0.717, 1.165) is 5.56 Å². The van der Waals surface area contributed by atoms with E-state index < -0.39 is 18.0 Å². The average Bonchev–Trinajstić information content (AvgIpc) is 2.49. The summed E-state index contributed by atoms with van der Waals surface area (Å²) in [4.78, 5) is 27.8. The van der Waals surface area contributed by atoms with Crippen molar-refractivity contribution in [3.8, 4) is 0 Å². The molecule has 22 heavy (non-hydrogen) atoms.